The van der Waals surface area contributed by atoms with Gasteiger partial charge in [-0.05, 0) is 25.8 Å². The van der Waals surface area contributed by atoms with E-state index < -0.39 is 0 Å². The molecule has 1 saturated carbocycles. The number of pyridine rings is 1. The molecule has 9 nitrogen and oxygen atoms in total. The molecule has 0 atom stereocenters. The highest BCUT2D eigenvalue weighted by molar-refractivity contribution is 5.95. The smallest absolute Gasteiger partial charge is 0.159 e. The fourth-order valence-corrected chi connectivity index (χ4v) is 3.80. The van der Waals surface area contributed by atoms with Crippen LogP contribution in [0.4, 0.5) is 5.69 Å². The number of hydrogen-bond acceptors (Lipinski definition) is 7. The van der Waals surface area contributed by atoms with E-state index in [0.717, 1.165) is 47.4 Å². The van der Waals surface area contributed by atoms with Crippen molar-refractivity contribution in [2.24, 2.45) is 0 Å². The summed E-state index contributed by atoms with van der Waals surface area (Å²) in [5.41, 5.74) is 9.88. The van der Waals surface area contributed by atoms with Crippen LogP contribution in [0.5, 0.6) is 0 Å². The molecular weight excluding hydrogens is 332 g/mol. The number of aryl methyl sites for hydroxylation is 1. The molecule has 0 radical (unpaired) electrons. The van der Waals surface area contributed by atoms with Crippen LogP contribution in [0.25, 0.3) is 16.7 Å². The molecule has 9 heteroatoms. The van der Waals surface area contributed by atoms with Gasteiger partial charge in [0, 0.05) is 18.3 Å². The molecule has 3 aromatic rings. The fraction of sp³-hybridized carbons (Fsp3) is 0.412. The molecule has 2 aliphatic rings. The normalized spacial score (nSPS) is 18.4. The summed E-state index contributed by atoms with van der Waals surface area (Å²) in [5, 5.41) is 13.1. The number of hydroxylamine groups is 1. The second-order valence-corrected chi connectivity index (χ2v) is 6.76. The van der Waals surface area contributed by atoms with Gasteiger partial charge in [0.05, 0.1) is 23.0 Å². The van der Waals surface area contributed by atoms with E-state index in [1.807, 2.05) is 24.0 Å². The number of nitrogens with one attached hydrogen (secondary N) is 2. The zero-order chi connectivity index (χ0) is 17.6. The molecule has 0 amide bonds. The molecule has 1 fully saturated rings. The van der Waals surface area contributed by atoms with Crippen molar-refractivity contribution < 1.29 is 4.84 Å². The van der Waals surface area contributed by atoms with E-state index in [9.17, 15) is 0 Å². The van der Waals surface area contributed by atoms with Crippen LogP contribution in [0.1, 0.15) is 38.2 Å². The van der Waals surface area contributed by atoms with Gasteiger partial charge in [-0.2, -0.15) is 5.10 Å². The zero-order valence-electron chi connectivity index (χ0n) is 14.5. The fourth-order valence-electron chi connectivity index (χ4n) is 3.80. The van der Waals surface area contributed by atoms with Gasteiger partial charge in [-0.15, -0.1) is 10.2 Å². The first kappa shape index (κ1) is 15.3. The van der Waals surface area contributed by atoms with E-state index in [4.69, 9.17) is 4.84 Å². The average Bonchev–Trinajstić information content (AvgIpc) is 3.43. The standard InChI is InChI=1S/C17H20N8O/c1-2-25-16-13(9-21-25)15(22-24-10-19-20-11-24)12(8-18-16)14-7-17(26-23-14)5-3-4-6-17/h7-11,23H,2-6H2,1H3,(H,18,22). The molecule has 5 rings (SSSR count). The topological polar surface area (TPSA) is 94.7 Å². The largest absolute Gasteiger partial charge is 0.290 e. The minimum Gasteiger partial charge on any atom is -0.290 e. The van der Waals surface area contributed by atoms with Crippen molar-refractivity contribution in [3.8, 4) is 0 Å². The van der Waals surface area contributed by atoms with E-state index in [1.165, 1.54) is 12.8 Å². The third kappa shape index (κ3) is 2.35. The van der Waals surface area contributed by atoms with Crippen molar-refractivity contribution in [3.05, 3.63) is 36.7 Å². The zero-order valence-corrected chi connectivity index (χ0v) is 14.5. The van der Waals surface area contributed by atoms with Crippen LogP contribution in [0, 0.1) is 0 Å². The van der Waals surface area contributed by atoms with Crippen LogP contribution in [0.2, 0.25) is 0 Å². The van der Waals surface area contributed by atoms with Crippen LogP contribution in [0.15, 0.2) is 31.1 Å². The first-order chi connectivity index (χ1) is 12.8. The first-order valence-electron chi connectivity index (χ1n) is 8.91. The Bertz CT molecular complexity index is 968. The molecule has 26 heavy (non-hydrogen) atoms. The van der Waals surface area contributed by atoms with Crippen LogP contribution in [0.3, 0.4) is 0 Å². The van der Waals surface area contributed by atoms with Gasteiger partial charge in [0.1, 0.15) is 18.3 Å². The van der Waals surface area contributed by atoms with Crippen LogP contribution < -0.4 is 10.9 Å². The Morgan fingerprint density at radius 1 is 1.23 bits per heavy atom. The summed E-state index contributed by atoms with van der Waals surface area (Å²) in [4.78, 5) is 10.6. The van der Waals surface area contributed by atoms with Crippen molar-refractivity contribution >= 4 is 22.4 Å². The minimum atomic E-state index is -0.189. The lowest BCUT2D eigenvalue weighted by atomic mass is 9.99. The highest BCUT2D eigenvalue weighted by Gasteiger charge is 2.38. The summed E-state index contributed by atoms with van der Waals surface area (Å²) in [6.45, 7) is 2.81. The number of rotatable bonds is 4. The number of anilines is 1. The molecule has 0 saturated heterocycles. The van der Waals surface area contributed by atoms with E-state index >= 15 is 0 Å². The van der Waals surface area contributed by atoms with E-state index in [0.29, 0.717) is 0 Å². The Hall–Kier alpha value is -2.94. The first-order valence-corrected chi connectivity index (χ1v) is 8.91. The maximum atomic E-state index is 5.95. The van der Waals surface area contributed by atoms with Gasteiger partial charge < -0.3 is 0 Å². The lowest BCUT2D eigenvalue weighted by molar-refractivity contribution is -0.0289. The summed E-state index contributed by atoms with van der Waals surface area (Å²) in [6.07, 6.45) is 13.6. The lowest BCUT2D eigenvalue weighted by Crippen LogP contribution is -2.25. The lowest BCUT2D eigenvalue weighted by Gasteiger charge is -2.17. The molecule has 4 heterocycles. The number of nitrogens with zero attached hydrogens (tertiary/aromatic N) is 6. The van der Waals surface area contributed by atoms with E-state index in [-0.39, 0.29) is 5.60 Å². The van der Waals surface area contributed by atoms with Gasteiger partial charge in [0.2, 0.25) is 0 Å². The van der Waals surface area contributed by atoms with Crippen LogP contribution >= 0.6 is 0 Å². The highest BCUT2D eigenvalue weighted by Crippen LogP contribution is 2.41. The monoisotopic (exact) mass is 352 g/mol. The predicted octanol–water partition coefficient (Wildman–Crippen LogP) is 2.11. The highest BCUT2D eigenvalue weighted by atomic mass is 16.7. The molecule has 2 N–H and O–H groups in total. The van der Waals surface area contributed by atoms with Crippen molar-refractivity contribution in [1.29, 1.82) is 0 Å². The maximum absolute atomic E-state index is 5.95. The Balaban J connectivity index is 1.64. The summed E-state index contributed by atoms with van der Waals surface area (Å²) >= 11 is 0. The van der Waals surface area contributed by atoms with Gasteiger partial charge in [-0.3, -0.25) is 15.7 Å². The predicted molar refractivity (Wildman–Crippen MR) is 95.6 cm³/mol. The van der Waals surface area contributed by atoms with Crippen LogP contribution in [-0.2, 0) is 11.4 Å². The Morgan fingerprint density at radius 2 is 2.04 bits per heavy atom. The van der Waals surface area contributed by atoms with E-state index in [1.54, 1.807) is 17.3 Å². The molecule has 1 aliphatic heterocycles. The van der Waals surface area contributed by atoms with Crippen molar-refractivity contribution in [3.63, 3.8) is 0 Å². The molecule has 0 aromatic carbocycles. The van der Waals surface area contributed by atoms with Gasteiger partial charge in [0.25, 0.3) is 0 Å². The molecule has 0 bridgehead atoms. The summed E-state index contributed by atoms with van der Waals surface area (Å²) in [5.74, 6) is 0. The molecule has 1 aliphatic carbocycles. The van der Waals surface area contributed by atoms with Crippen molar-refractivity contribution in [2.45, 2.75) is 44.8 Å². The number of aromatic nitrogens is 6. The van der Waals surface area contributed by atoms with Crippen molar-refractivity contribution in [1.82, 2.24) is 35.1 Å². The van der Waals surface area contributed by atoms with Gasteiger partial charge in [-0.1, -0.05) is 12.8 Å². The molecular formula is C17H20N8O. The molecule has 1 spiro atoms. The maximum Gasteiger partial charge on any atom is 0.159 e. The van der Waals surface area contributed by atoms with Crippen LogP contribution in [-0.4, -0.2) is 35.2 Å². The minimum absolute atomic E-state index is 0.189. The Kier molecular flexibility index (Phi) is 3.42. The SMILES string of the molecule is CCn1ncc2c(Nn3cnnc3)c(C3=CC4(CCCC4)ON3)cnc21. The quantitative estimate of drug-likeness (QED) is 0.742. The van der Waals surface area contributed by atoms with Gasteiger partial charge >= 0.3 is 0 Å². The summed E-state index contributed by atoms with van der Waals surface area (Å²) in [6, 6.07) is 0. The number of fused-ring (bicyclic) bond motifs is 1. The van der Waals surface area contributed by atoms with E-state index in [2.05, 4.69) is 37.3 Å². The third-order valence-corrected chi connectivity index (χ3v) is 5.14. The summed E-state index contributed by atoms with van der Waals surface area (Å²) < 4.78 is 3.59. The van der Waals surface area contributed by atoms with Gasteiger partial charge in [0.15, 0.2) is 5.65 Å². The second-order valence-electron chi connectivity index (χ2n) is 6.76. The molecule has 134 valence electrons. The molecule has 3 aromatic heterocycles. The van der Waals surface area contributed by atoms with Crippen molar-refractivity contribution in [2.75, 3.05) is 5.43 Å². The third-order valence-electron chi connectivity index (χ3n) is 5.14. The number of hydrogen-bond donors (Lipinski definition) is 2. The van der Waals surface area contributed by atoms with Gasteiger partial charge in [-0.25, -0.2) is 14.3 Å². The Morgan fingerprint density at radius 3 is 2.81 bits per heavy atom. The Labute approximate surface area is 150 Å². The summed E-state index contributed by atoms with van der Waals surface area (Å²) in [7, 11) is 0. The average molecular weight is 352 g/mol. The molecule has 0 unspecified atom stereocenters. The second kappa shape index (κ2) is 5.80.